The second kappa shape index (κ2) is 5.05. The van der Waals surface area contributed by atoms with Crippen molar-refractivity contribution in [2.45, 2.75) is 0 Å². The molecule has 100 valence electrons. The molecule has 2 aromatic rings. The van der Waals surface area contributed by atoms with Crippen LogP contribution in [-0.4, -0.2) is 45.3 Å². The van der Waals surface area contributed by atoms with Gasteiger partial charge in [-0.2, -0.15) is 0 Å². The van der Waals surface area contributed by atoms with Gasteiger partial charge in [-0.3, -0.25) is 0 Å². The monoisotopic (exact) mass is 256 g/mol. The van der Waals surface area contributed by atoms with Crippen molar-refractivity contribution in [2.75, 3.05) is 50.1 Å². The number of nitrogens with zero attached hydrogens (tertiary/aromatic N) is 3. The van der Waals surface area contributed by atoms with E-state index in [2.05, 4.69) is 58.5 Å². The van der Waals surface area contributed by atoms with Crippen LogP contribution in [0.15, 0.2) is 30.5 Å². The molecular weight excluding hydrogens is 236 g/mol. The molecule has 4 nitrogen and oxygen atoms in total. The fraction of sp³-hybridized carbons (Fsp3) is 0.400. The zero-order valence-electron chi connectivity index (χ0n) is 11.6. The van der Waals surface area contributed by atoms with E-state index in [1.165, 1.54) is 16.5 Å². The summed E-state index contributed by atoms with van der Waals surface area (Å²) in [6.07, 6.45) is 1.91. The van der Waals surface area contributed by atoms with Crippen molar-refractivity contribution in [2.24, 2.45) is 0 Å². The first-order chi connectivity index (χ1) is 9.25. The van der Waals surface area contributed by atoms with Crippen LogP contribution in [0, 0.1) is 0 Å². The topological polar surface area (TPSA) is 31.4 Å². The van der Waals surface area contributed by atoms with E-state index >= 15 is 0 Å². The number of pyridine rings is 1. The summed E-state index contributed by atoms with van der Waals surface area (Å²) in [7, 11) is 4.14. The molecule has 2 heterocycles. The minimum Gasteiger partial charge on any atom is -0.378 e. The molecule has 1 aromatic carbocycles. The highest BCUT2D eigenvalue weighted by molar-refractivity contribution is 5.94. The van der Waals surface area contributed by atoms with Gasteiger partial charge in [0, 0.05) is 57.5 Å². The number of piperazine rings is 1. The first-order valence-electron chi connectivity index (χ1n) is 6.77. The molecule has 0 unspecified atom stereocenters. The molecule has 1 aromatic heterocycles. The van der Waals surface area contributed by atoms with Crippen LogP contribution >= 0.6 is 0 Å². The number of fused-ring (bicyclic) bond motifs is 1. The van der Waals surface area contributed by atoms with Crippen molar-refractivity contribution in [3.63, 3.8) is 0 Å². The standard InChI is InChI=1S/C15H20N4/c1-18(2)13-4-3-12-5-6-17-15(14(12)11-13)19-9-7-16-8-10-19/h3-6,11,16H,7-10H2,1-2H3. The van der Waals surface area contributed by atoms with Gasteiger partial charge in [0.05, 0.1) is 0 Å². The molecule has 1 N–H and O–H groups in total. The van der Waals surface area contributed by atoms with Gasteiger partial charge in [0.1, 0.15) is 5.82 Å². The van der Waals surface area contributed by atoms with Gasteiger partial charge < -0.3 is 15.1 Å². The summed E-state index contributed by atoms with van der Waals surface area (Å²) in [5.74, 6) is 1.11. The summed E-state index contributed by atoms with van der Waals surface area (Å²) in [6, 6.07) is 8.65. The van der Waals surface area contributed by atoms with Crippen LogP contribution < -0.4 is 15.1 Å². The van der Waals surface area contributed by atoms with Crippen LogP contribution in [0.3, 0.4) is 0 Å². The third-order valence-corrected chi connectivity index (χ3v) is 3.66. The van der Waals surface area contributed by atoms with Crippen LogP contribution in [0.4, 0.5) is 11.5 Å². The van der Waals surface area contributed by atoms with E-state index in [1.807, 2.05) is 6.20 Å². The van der Waals surface area contributed by atoms with E-state index in [0.29, 0.717) is 0 Å². The normalized spacial score (nSPS) is 15.8. The van der Waals surface area contributed by atoms with E-state index in [0.717, 1.165) is 32.0 Å². The van der Waals surface area contributed by atoms with Gasteiger partial charge in [-0.05, 0) is 23.6 Å². The smallest absolute Gasteiger partial charge is 0.136 e. The third kappa shape index (κ3) is 2.36. The molecule has 0 amide bonds. The number of hydrogen-bond acceptors (Lipinski definition) is 4. The van der Waals surface area contributed by atoms with Crippen molar-refractivity contribution in [1.82, 2.24) is 10.3 Å². The van der Waals surface area contributed by atoms with Crippen LogP contribution in [0.5, 0.6) is 0 Å². The number of benzene rings is 1. The molecule has 0 saturated carbocycles. The SMILES string of the molecule is CN(C)c1ccc2ccnc(N3CCNCC3)c2c1. The molecule has 1 fully saturated rings. The van der Waals surface area contributed by atoms with Crippen LogP contribution in [0.25, 0.3) is 10.8 Å². The zero-order chi connectivity index (χ0) is 13.2. The highest BCUT2D eigenvalue weighted by atomic mass is 15.2. The van der Waals surface area contributed by atoms with Crippen molar-refractivity contribution in [1.29, 1.82) is 0 Å². The average Bonchev–Trinajstić information content (AvgIpc) is 2.47. The maximum Gasteiger partial charge on any atom is 0.136 e. The maximum absolute atomic E-state index is 4.61. The van der Waals surface area contributed by atoms with Crippen LogP contribution in [0.1, 0.15) is 0 Å². The van der Waals surface area contributed by atoms with Gasteiger partial charge in [0.15, 0.2) is 0 Å². The Morgan fingerprint density at radius 1 is 1.16 bits per heavy atom. The minimum atomic E-state index is 1.03. The van der Waals surface area contributed by atoms with E-state index in [-0.39, 0.29) is 0 Å². The fourth-order valence-electron chi connectivity index (χ4n) is 2.55. The Labute approximate surface area is 114 Å². The second-order valence-corrected chi connectivity index (χ2v) is 5.17. The molecular formula is C15H20N4. The predicted octanol–water partition coefficient (Wildman–Crippen LogP) is 1.71. The number of anilines is 2. The summed E-state index contributed by atoms with van der Waals surface area (Å²) in [4.78, 5) is 9.12. The van der Waals surface area contributed by atoms with Crippen molar-refractivity contribution >= 4 is 22.3 Å². The lowest BCUT2D eigenvalue weighted by atomic mass is 10.1. The van der Waals surface area contributed by atoms with Crippen LogP contribution in [-0.2, 0) is 0 Å². The Bertz CT molecular complexity index is 573. The van der Waals surface area contributed by atoms with Crippen molar-refractivity contribution in [3.05, 3.63) is 30.5 Å². The first kappa shape index (κ1) is 12.2. The number of rotatable bonds is 2. The van der Waals surface area contributed by atoms with Crippen molar-refractivity contribution in [3.8, 4) is 0 Å². The molecule has 0 radical (unpaired) electrons. The van der Waals surface area contributed by atoms with Gasteiger partial charge >= 0.3 is 0 Å². The summed E-state index contributed by atoms with van der Waals surface area (Å²) in [6.45, 7) is 4.12. The van der Waals surface area contributed by atoms with E-state index in [9.17, 15) is 0 Å². The molecule has 4 heteroatoms. The van der Waals surface area contributed by atoms with Crippen molar-refractivity contribution < 1.29 is 0 Å². The van der Waals surface area contributed by atoms with Gasteiger partial charge in [0.2, 0.25) is 0 Å². The molecule has 3 rings (SSSR count). The first-order valence-corrected chi connectivity index (χ1v) is 6.77. The van der Waals surface area contributed by atoms with E-state index in [4.69, 9.17) is 0 Å². The Hall–Kier alpha value is -1.81. The highest BCUT2D eigenvalue weighted by Crippen LogP contribution is 2.28. The largest absolute Gasteiger partial charge is 0.378 e. The summed E-state index contributed by atoms with van der Waals surface area (Å²) in [5.41, 5.74) is 1.22. The number of hydrogen-bond donors (Lipinski definition) is 1. The van der Waals surface area contributed by atoms with Gasteiger partial charge in [-0.15, -0.1) is 0 Å². The van der Waals surface area contributed by atoms with E-state index in [1.54, 1.807) is 0 Å². The Morgan fingerprint density at radius 2 is 1.95 bits per heavy atom. The number of aromatic nitrogens is 1. The molecule has 0 spiro atoms. The highest BCUT2D eigenvalue weighted by Gasteiger charge is 2.14. The van der Waals surface area contributed by atoms with Crippen LogP contribution in [0.2, 0.25) is 0 Å². The maximum atomic E-state index is 4.61. The molecule has 0 aliphatic carbocycles. The minimum absolute atomic E-state index is 1.03. The number of nitrogens with one attached hydrogen (secondary N) is 1. The molecule has 19 heavy (non-hydrogen) atoms. The Kier molecular flexibility index (Phi) is 3.25. The zero-order valence-corrected chi connectivity index (χ0v) is 11.6. The second-order valence-electron chi connectivity index (χ2n) is 5.17. The Morgan fingerprint density at radius 3 is 2.68 bits per heavy atom. The lowest BCUT2D eigenvalue weighted by Crippen LogP contribution is -2.43. The molecule has 1 aliphatic rings. The predicted molar refractivity (Wildman–Crippen MR) is 81.2 cm³/mol. The van der Waals surface area contributed by atoms with Gasteiger partial charge in [0.25, 0.3) is 0 Å². The fourth-order valence-corrected chi connectivity index (χ4v) is 2.55. The molecule has 1 saturated heterocycles. The third-order valence-electron chi connectivity index (χ3n) is 3.66. The lowest BCUT2D eigenvalue weighted by Gasteiger charge is -2.29. The quantitative estimate of drug-likeness (QED) is 0.886. The molecule has 0 atom stereocenters. The van der Waals surface area contributed by atoms with Gasteiger partial charge in [-0.1, -0.05) is 6.07 Å². The summed E-state index contributed by atoms with van der Waals surface area (Å²) >= 11 is 0. The molecule has 1 aliphatic heterocycles. The van der Waals surface area contributed by atoms with Gasteiger partial charge in [-0.25, -0.2) is 4.98 Å². The lowest BCUT2D eigenvalue weighted by molar-refractivity contribution is 0.586. The Balaban J connectivity index is 2.09. The summed E-state index contributed by atoms with van der Waals surface area (Å²) < 4.78 is 0. The average molecular weight is 256 g/mol. The van der Waals surface area contributed by atoms with E-state index < -0.39 is 0 Å². The summed E-state index contributed by atoms with van der Waals surface area (Å²) in [5, 5.41) is 5.89. The molecule has 0 bridgehead atoms.